The van der Waals surface area contributed by atoms with Crippen LogP contribution in [0.1, 0.15) is 19.4 Å². The van der Waals surface area contributed by atoms with E-state index in [9.17, 15) is 4.79 Å². The van der Waals surface area contributed by atoms with Crippen LogP contribution in [0.2, 0.25) is 0 Å². The number of carbonyl (C=O) groups excluding carboxylic acids is 1. The summed E-state index contributed by atoms with van der Waals surface area (Å²) < 4.78 is 1.05. The second kappa shape index (κ2) is 5.85. The van der Waals surface area contributed by atoms with Gasteiger partial charge in [0, 0.05) is 0 Å². The number of benzene rings is 1. The van der Waals surface area contributed by atoms with Crippen molar-refractivity contribution in [3.05, 3.63) is 23.8 Å². The molecule has 4 nitrogen and oxygen atoms in total. The topological polar surface area (TPSA) is 68.0 Å². The van der Waals surface area contributed by atoms with Gasteiger partial charge in [0.1, 0.15) is 0 Å². The molecule has 0 fully saturated rings. The Balaban J connectivity index is 2.23. The van der Waals surface area contributed by atoms with E-state index in [0.717, 1.165) is 10.2 Å². The van der Waals surface area contributed by atoms with Gasteiger partial charge >= 0.3 is 0 Å². The number of rotatable bonds is 4. The molecule has 1 aromatic carbocycles. The fourth-order valence-electron chi connectivity index (χ4n) is 2.03. The number of aryl methyl sites for hydroxylation is 1. The zero-order valence-electron chi connectivity index (χ0n) is 11.6. The van der Waals surface area contributed by atoms with E-state index in [1.807, 2.05) is 32.9 Å². The standard InChI is InChI=1S/C14H17N3OS2/c1-7(2)11(12(15)19)13(18)17-14-16-9-5-4-8(3)6-10(9)20-14/h4-7,11H,1-3H3,(H2,15,19)(H,16,17,18). The van der Waals surface area contributed by atoms with Gasteiger partial charge < -0.3 is 11.1 Å². The third-order valence-corrected chi connectivity index (χ3v) is 4.22. The minimum absolute atomic E-state index is 0.0594. The Morgan fingerprint density at radius 1 is 1.45 bits per heavy atom. The highest BCUT2D eigenvalue weighted by Gasteiger charge is 2.25. The van der Waals surface area contributed by atoms with Gasteiger partial charge in [0.25, 0.3) is 0 Å². The van der Waals surface area contributed by atoms with Crippen LogP contribution in [0.3, 0.4) is 0 Å². The van der Waals surface area contributed by atoms with E-state index in [0.29, 0.717) is 5.13 Å². The third kappa shape index (κ3) is 3.13. The SMILES string of the molecule is Cc1ccc2nc(NC(=O)C(C(N)=S)C(C)C)sc2c1. The minimum atomic E-state index is -0.473. The number of nitrogens with zero attached hydrogens (tertiary/aromatic N) is 1. The molecule has 3 N–H and O–H groups in total. The van der Waals surface area contributed by atoms with Crippen molar-refractivity contribution in [1.82, 2.24) is 4.98 Å². The zero-order valence-corrected chi connectivity index (χ0v) is 13.3. The lowest BCUT2D eigenvalue weighted by atomic mass is 9.95. The zero-order chi connectivity index (χ0) is 14.9. The fourth-order valence-corrected chi connectivity index (χ4v) is 3.38. The van der Waals surface area contributed by atoms with E-state index in [1.165, 1.54) is 16.9 Å². The molecule has 0 aliphatic carbocycles. The van der Waals surface area contributed by atoms with Gasteiger partial charge in [-0.1, -0.05) is 43.5 Å². The first kappa shape index (κ1) is 14.9. The molecule has 1 atom stereocenters. The number of aromatic nitrogens is 1. The molecule has 0 spiro atoms. The van der Waals surface area contributed by atoms with E-state index in [4.69, 9.17) is 18.0 Å². The maximum absolute atomic E-state index is 12.2. The molecule has 1 heterocycles. The highest BCUT2D eigenvalue weighted by atomic mass is 32.1. The molecule has 1 amide bonds. The van der Waals surface area contributed by atoms with E-state index in [2.05, 4.69) is 16.4 Å². The highest BCUT2D eigenvalue weighted by Crippen LogP contribution is 2.27. The van der Waals surface area contributed by atoms with E-state index in [-0.39, 0.29) is 16.8 Å². The molecule has 0 aliphatic rings. The van der Waals surface area contributed by atoms with Crippen LogP contribution in [0, 0.1) is 18.8 Å². The van der Waals surface area contributed by atoms with Gasteiger partial charge in [0.2, 0.25) is 5.91 Å². The summed E-state index contributed by atoms with van der Waals surface area (Å²) in [5.74, 6) is -0.605. The van der Waals surface area contributed by atoms with Crippen LogP contribution in [-0.4, -0.2) is 15.9 Å². The lowest BCUT2D eigenvalue weighted by molar-refractivity contribution is -0.118. The van der Waals surface area contributed by atoms with Crippen molar-refractivity contribution in [2.75, 3.05) is 5.32 Å². The van der Waals surface area contributed by atoms with Gasteiger partial charge in [0.15, 0.2) is 5.13 Å². The molecular formula is C14H17N3OS2. The second-order valence-electron chi connectivity index (χ2n) is 5.10. The predicted molar refractivity (Wildman–Crippen MR) is 88.1 cm³/mol. The van der Waals surface area contributed by atoms with Crippen LogP contribution in [-0.2, 0) is 4.79 Å². The quantitative estimate of drug-likeness (QED) is 0.852. The Morgan fingerprint density at radius 2 is 2.15 bits per heavy atom. The lowest BCUT2D eigenvalue weighted by Crippen LogP contribution is -2.36. The summed E-state index contributed by atoms with van der Waals surface area (Å²) in [7, 11) is 0. The highest BCUT2D eigenvalue weighted by molar-refractivity contribution is 7.80. The van der Waals surface area contributed by atoms with Crippen molar-refractivity contribution < 1.29 is 4.79 Å². The van der Waals surface area contributed by atoms with Gasteiger partial charge in [0.05, 0.1) is 21.1 Å². The van der Waals surface area contributed by atoms with Crippen molar-refractivity contribution in [2.24, 2.45) is 17.6 Å². The van der Waals surface area contributed by atoms with E-state index in [1.54, 1.807) is 0 Å². The number of hydrogen-bond donors (Lipinski definition) is 2. The van der Waals surface area contributed by atoms with E-state index < -0.39 is 5.92 Å². The molecule has 0 bridgehead atoms. The Hall–Kier alpha value is -1.53. The van der Waals surface area contributed by atoms with Crippen LogP contribution in [0.4, 0.5) is 5.13 Å². The van der Waals surface area contributed by atoms with Gasteiger partial charge in [-0.3, -0.25) is 4.79 Å². The summed E-state index contributed by atoms with van der Waals surface area (Å²) in [5.41, 5.74) is 7.69. The fraction of sp³-hybridized carbons (Fsp3) is 0.357. The molecule has 0 saturated heterocycles. The van der Waals surface area contributed by atoms with Gasteiger partial charge in [-0.25, -0.2) is 4.98 Å². The normalized spacial score (nSPS) is 12.6. The number of hydrogen-bond acceptors (Lipinski definition) is 4. The molecule has 2 rings (SSSR count). The second-order valence-corrected chi connectivity index (χ2v) is 6.61. The van der Waals surface area contributed by atoms with Crippen molar-refractivity contribution >= 4 is 49.8 Å². The number of nitrogens with two attached hydrogens (primary N) is 1. The number of carbonyl (C=O) groups is 1. The molecule has 1 aromatic heterocycles. The first-order valence-corrected chi connectivity index (χ1v) is 7.58. The smallest absolute Gasteiger partial charge is 0.236 e. The largest absolute Gasteiger partial charge is 0.393 e. The van der Waals surface area contributed by atoms with E-state index >= 15 is 0 Å². The molecule has 20 heavy (non-hydrogen) atoms. The minimum Gasteiger partial charge on any atom is -0.393 e. The average molecular weight is 307 g/mol. The first-order valence-electron chi connectivity index (χ1n) is 6.36. The van der Waals surface area contributed by atoms with Crippen LogP contribution in [0.5, 0.6) is 0 Å². The first-order chi connectivity index (χ1) is 9.38. The molecule has 0 radical (unpaired) electrons. The molecule has 0 saturated carbocycles. The third-order valence-electron chi connectivity index (χ3n) is 3.03. The summed E-state index contributed by atoms with van der Waals surface area (Å²) in [6.45, 7) is 5.87. The summed E-state index contributed by atoms with van der Waals surface area (Å²) in [6.07, 6.45) is 0. The van der Waals surface area contributed by atoms with Crippen molar-refractivity contribution in [3.8, 4) is 0 Å². The Labute approximate surface area is 127 Å². The number of thiazole rings is 1. The molecule has 106 valence electrons. The van der Waals surface area contributed by atoms with Crippen molar-refractivity contribution in [1.29, 1.82) is 0 Å². The Kier molecular flexibility index (Phi) is 4.35. The number of fused-ring (bicyclic) bond motifs is 1. The predicted octanol–water partition coefficient (Wildman–Crippen LogP) is 3.10. The van der Waals surface area contributed by atoms with Crippen LogP contribution < -0.4 is 11.1 Å². The van der Waals surface area contributed by atoms with Crippen LogP contribution >= 0.6 is 23.6 Å². The van der Waals surface area contributed by atoms with Crippen LogP contribution in [0.25, 0.3) is 10.2 Å². The molecule has 0 aliphatic heterocycles. The monoisotopic (exact) mass is 307 g/mol. The maximum Gasteiger partial charge on any atom is 0.236 e. The number of amides is 1. The molecule has 1 unspecified atom stereocenters. The Bertz CT molecular complexity index is 663. The van der Waals surface area contributed by atoms with Crippen molar-refractivity contribution in [3.63, 3.8) is 0 Å². The molecular weight excluding hydrogens is 290 g/mol. The molecule has 6 heteroatoms. The van der Waals surface area contributed by atoms with Gasteiger partial charge in [-0.2, -0.15) is 0 Å². The lowest BCUT2D eigenvalue weighted by Gasteiger charge is -2.17. The number of anilines is 1. The summed E-state index contributed by atoms with van der Waals surface area (Å²) in [5, 5.41) is 3.40. The Morgan fingerprint density at radius 3 is 2.75 bits per heavy atom. The number of thiocarbonyl (C=S) groups is 1. The number of nitrogens with one attached hydrogen (secondary N) is 1. The van der Waals surface area contributed by atoms with Crippen molar-refractivity contribution in [2.45, 2.75) is 20.8 Å². The maximum atomic E-state index is 12.2. The summed E-state index contributed by atoms with van der Waals surface area (Å²) in [6, 6.07) is 6.00. The van der Waals surface area contributed by atoms with Gasteiger partial charge in [-0.15, -0.1) is 0 Å². The van der Waals surface area contributed by atoms with Crippen LogP contribution in [0.15, 0.2) is 18.2 Å². The summed E-state index contributed by atoms with van der Waals surface area (Å²) in [4.78, 5) is 16.8. The molecule has 2 aromatic rings. The summed E-state index contributed by atoms with van der Waals surface area (Å²) >= 11 is 6.42. The average Bonchev–Trinajstić information content (AvgIpc) is 2.68. The van der Waals surface area contributed by atoms with Gasteiger partial charge in [-0.05, 0) is 30.5 Å².